The van der Waals surface area contributed by atoms with Crippen molar-refractivity contribution < 1.29 is 45.4 Å². The van der Waals surface area contributed by atoms with E-state index in [2.05, 4.69) is 4.98 Å². The molecule has 0 aliphatic rings. The molecule has 0 spiro atoms. The normalized spacial score (nSPS) is 12.0. The number of hydrogen-bond donors (Lipinski definition) is 1. The van der Waals surface area contributed by atoms with Crippen molar-refractivity contribution in [2.75, 3.05) is 0 Å². The number of carboxylic acid groups (broad SMARTS) is 1. The van der Waals surface area contributed by atoms with E-state index in [0.717, 1.165) is 11.1 Å². The van der Waals surface area contributed by atoms with Gasteiger partial charge in [-0.25, -0.2) is 9.78 Å². The second kappa shape index (κ2) is 10.2. The first-order valence-electron chi connectivity index (χ1n) is 11.1. The number of oxazole rings is 1. The van der Waals surface area contributed by atoms with Crippen LogP contribution in [0.1, 0.15) is 44.1 Å². The van der Waals surface area contributed by atoms with Crippen LogP contribution in [0, 0.1) is 6.92 Å². The molecular formula is C27H19F6NO4. The predicted octanol–water partition coefficient (Wildman–Crippen LogP) is 7.56. The van der Waals surface area contributed by atoms with E-state index in [1.807, 2.05) is 30.3 Å². The number of halogens is 6. The van der Waals surface area contributed by atoms with Gasteiger partial charge in [0.15, 0.2) is 0 Å². The summed E-state index contributed by atoms with van der Waals surface area (Å²) in [6.45, 7) is 1.32. The minimum atomic E-state index is -5.34. The summed E-state index contributed by atoms with van der Waals surface area (Å²) in [4.78, 5) is 16.1. The molecule has 1 N–H and O–H groups in total. The summed E-state index contributed by atoms with van der Waals surface area (Å²) in [6, 6.07) is 15.9. The lowest BCUT2D eigenvalue weighted by Gasteiger charge is -2.18. The Hall–Kier alpha value is -4.28. The third-order valence-electron chi connectivity index (χ3n) is 5.65. The van der Waals surface area contributed by atoms with E-state index >= 15 is 0 Å². The van der Waals surface area contributed by atoms with Crippen molar-refractivity contribution in [3.8, 4) is 17.2 Å². The highest BCUT2D eigenvalue weighted by atomic mass is 19.4. The Labute approximate surface area is 212 Å². The average Bonchev–Trinajstić information content (AvgIpc) is 3.22. The number of carbonyl (C=O) groups is 1. The van der Waals surface area contributed by atoms with Crippen LogP contribution < -0.4 is 4.74 Å². The highest BCUT2D eigenvalue weighted by Crippen LogP contribution is 2.41. The zero-order chi connectivity index (χ0) is 27.7. The Kier molecular flexibility index (Phi) is 7.21. The van der Waals surface area contributed by atoms with Crippen LogP contribution >= 0.6 is 0 Å². The Morgan fingerprint density at radius 2 is 1.55 bits per heavy atom. The lowest BCUT2D eigenvalue weighted by Crippen LogP contribution is -2.18. The number of alkyl halides is 6. The standard InChI is InChI=1S/C27H19F6NO4/c1-15-21(34-24(38-15)18-5-3-2-4-6-18)11-16-7-9-17(10-8-16)14-37-22-13-19(26(28,29)30)12-20(27(31,32)33)23(22)25(35)36/h2-10,12-13H,11,14H2,1H3,(H,35,36). The summed E-state index contributed by atoms with van der Waals surface area (Å²) >= 11 is 0. The molecule has 0 aliphatic heterocycles. The van der Waals surface area contributed by atoms with E-state index in [1.54, 1.807) is 31.2 Å². The third kappa shape index (κ3) is 5.99. The van der Waals surface area contributed by atoms with Crippen LogP contribution in [0.2, 0.25) is 0 Å². The van der Waals surface area contributed by atoms with Crippen LogP contribution in [0.15, 0.2) is 71.1 Å². The fourth-order valence-corrected chi connectivity index (χ4v) is 3.74. The number of nitrogens with zero attached hydrogens (tertiary/aromatic N) is 1. The highest BCUT2D eigenvalue weighted by molar-refractivity contribution is 5.93. The quantitative estimate of drug-likeness (QED) is 0.247. The molecule has 4 rings (SSSR count). The number of hydrogen-bond acceptors (Lipinski definition) is 4. The number of aromatic nitrogens is 1. The molecule has 5 nitrogen and oxygen atoms in total. The average molecular weight is 535 g/mol. The van der Waals surface area contributed by atoms with Gasteiger partial charge in [-0.3, -0.25) is 0 Å². The number of benzene rings is 3. The van der Waals surface area contributed by atoms with Crippen LogP contribution in [-0.4, -0.2) is 16.1 Å². The van der Waals surface area contributed by atoms with Crippen molar-refractivity contribution in [2.24, 2.45) is 0 Å². The predicted molar refractivity (Wildman–Crippen MR) is 124 cm³/mol. The van der Waals surface area contributed by atoms with Gasteiger partial charge in [0.25, 0.3) is 0 Å². The zero-order valence-electron chi connectivity index (χ0n) is 19.7. The monoisotopic (exact) mass is 535 g/mol. The number of aryl methyl sites for hydroxylation is 1. The second-order valence-electron chi connectivity index (χ2n) is 8.37. The molecule has 0 amide bonds. The maximum absolute atomic E-state index is 13.4. The minimum Gasteiger partial charge on any atom is -0.488 e. The van der Waals surface area contributed by atoms with Gasteiger partial charge in [0.1, 0.15) is 23.7 Å². The fraction of sp³-hybridized carbons (Fsp3) is 0.185. The van der Waals surface area contributed by atoms with Gasteiger partial charge in [-0.1, -0.05) is 42.5 Å². The van der Waals surface area contributed by atoms with E-state index in [1.165, 1.54) is 0 Å². The van der Waals surface area contributed by atoms with Gasteiger partial charge >= 0.3 is 18.3 Å². The van der Waals surface area contributed by atoms with Crippen LogP contribution in [0.3, 0.4) is 0 Å². The Bertz CT molecular complexity index is 1440. The first-order valence-corrected chi connectivity index (χ1v) is 11.1. The topological polar surface area (TPSA) is 72.6 Å². The fourth-order valence-electron chi connectivity index (χ4n) is 3.74. The van der Waals surface area contributed by atoms with Crippen LogP contribution in [0.5, 0.6) is 5.75 Å². The number of ether oxygens (including phenoxy) is 1. The summed E-state index contributed by atoms with van der Waals surface area (Å²) in [5, 5.41) is 9.30. The molecule has 0 aliphatic carbocycles. The SMILES string of the molecule is Cc1oc(-c2ccccc2)nc1Cc1ccc(COc2cc(C(F)(F)F)cc(C(F)(F)F)c2C(=O)O)cc1. The zero-order valence-corrected chi connectivity index (χ0v) is 19.7. The van der Waals surface area contributed by atoms with Crippen LogP contribution in [0.4, 0.5) is 26.3 Å². The maximum atomic E-state index is 13.4. The van der Waals surface area contributed by atoms with Crippen molar-refractivity contribution in [3.05, 3.63) is 106 Å². The second-order valence-corrected chi connectivity index (χ2v) is 8.37. The molecule has 0 bridgehead atoms. The summed E-state index contributed by atoms with van der Waals surface area (Å²) in [7, 11) is 0. The first kappa shape index (κ1) is 26.8. The molecule has 0 radical (unpaired) electrons. The molecule has 3 aromatic carbocycles. The van der Waals surface area contributed by atoms with E-state index in [4.69, 9.17) is 9.15 Å². The van der Waals surface area contributed by atoms with Crippen LogP contribution in [0.25, 0.3) is 11.5 Å². The highest BCUT2D eigenvalue weighted by Gasteiger charge is 2.41. The lowest BCUT2D eigenvalue weighted by molar-refractivity contribution is -0.143. The minimum absolute atomic E-state index is 0.236. The van der Waals surface area contributed by atoms with Crippen molar-refractivity contribution in [1.29, 1.82) is 0 Å². The molecule has 0 atom stereocenters. The van der Waals surface area contributed by atoms with Crippen molar-refractivity contribution in [3.63, 3.8) is 0 Å². The van der Waals surface area contributed by atoms with Gasteiger partial charge in [-0.15, -0.1) is 0 Å². The summed E-state index contributed by atoms with van der Waals surface area (Å²) in [5.74, 6) is -2.00. The molecular weight excluding hydrogens is 516 g/mol. The lowest BCUT2D eigenvalue weighted by atomic mass is 10.0. The van der Waals surface area contributed by atoms with Crippen molar-refractivity contribution in [2.45, 2.75) is 32.3 Å². The Balaban J connectivity index is 1.53. The van der Waals surface area contributed by atoms with E-state index < -0.39 is 47.4 Å². The van der Waals surface area contributed by atoms with E-state index in [-0.39, 0.29) is 12.1 Å². The van der Waals surface area contributed by atoms with E-state index in [9.17, 15) is 36.2 Å². The Morgan fingerprint density at radius 1 is 0.921 bits per heavy atom. The molecule has 0 saturated carbocycles. The third-order valence-corrected chi connectivity index (χ3v) is 5.65. The van der Waals surface area contributed by atoms with Gasteiger partial charge < -0.3 is 14.3 Å². The molecule has 1 heterocycles. The summed E-state index contributed by atoms with van der Waals surface area (Å²) in [6.07, 6.45) is -10.1. The van der Waals surface area contributed by atoms with Gasteiger partial charge in [0.05, 0.1) is 16.8 Å². The molecule has 0 saturated heterocycles. The first-order chi connectivity index (χ1) is 17.8. The molecule has 0 fully saturated rings. The van der Waals surface area contributed by atoms with Crippen molar-refractivity contribution >= 4 is 5.97 Å². The van der Waals surface area contributed by atoms with Gasteiger partial charge in [0.2, 0.25) is 5.89 Å². The van der Waals surface area contributed by atoms with Gasteiger partial charge in [0, 0.05) is 12.0 Å². The number of carboxylic acids is 1. The molecule has 38 heavy (non-hydrogen) atoms. The number of aromatic carboxylic acids is 1. The smallest absolute Gasteiger partial charge is 0.417 e. The summed E-state index contributed by atoms with van der Waals surface area (Å²) in [5.41, 5.74) is -2.27. The molecule has 0 unspecified atom stereocenters. The molecule has 198 valence electrons. The number of rotatable bonds is 7. The molecule has 4 aromatic rings. The van der Waals surface area contributed by atoms with Gasteiger partial charge in [-0.05, 0) is 42.3 Å². The van der Waals surface area contributed by atoms with Crippen LogP contribution in [-0.2, 0) is 25.4 Å². The molecule has 11 heteroatoms. The summed E-state index contributed by atoms with van der Waals surface area (Å²) < 4.78 is 90.6. The van der Waals surface area contributed by atoms with E-state index in [0.29, 0.717) is 29.3 Å². The van der Waals surface area contributed by atoms with Crippen molar-refractivity contribution in [1.82, 2.24) is 4.98 Å². The largest absolute Gasteiger partial charge is 0.488 e. The van der Waals surface area contributed by atoms with Gasteiger partial charge in [-0.2, -0.15) is 26.3 Å². The molecule has 1 aromatic heterocycles. The maximum Gasteiger partial charge on any atom is 0.417 e. The Morgan fingerprint density at radius 3 is 2.13 bits per heavy atom.